The molecule has 0 radical (unpaired) electrons. The normalized spacial score (nSPS) is 11.1. The van der Waals surface area contributed by atoms with Gasteiger partial charge >= 0.3 is 0 Å². The second-order valence-corrected chi connectivity index (χ2v) is 7.71. The average molecular weight is 493 g/mol. The Bertz CT molecular complexity index is 782. The zero-order chi connectivity index (χ0) is 13.6. The monoisotopic (exact) mass is 493 g/mol. The Morgan fingerprint density at radius 2 is 1.95 bits per heavy atom. The molecule has 0 atom stereocenters. The molecule has 3 aromatic rings. The Morgan fingerprint density at radius 1 is 1.16 bits per heavy atom. The zero-order valence-electron chi connectivity index (χ0n) is 9.95. The van der Waals surface area contributed by atoms with E-state index in [0.717, 1.165) is 27.9 Å². The Hall–Kier alpha value is -0.410. The van der Waals surface area contributed by atoms with Crippen LogP contribution in [-0.2, 0) is 0 Å². The maximum Gasteiger partial charge on any atom is 0.139 e. The van der Waals surface area contributed by atoms with Gasteiger partial charge in [-0.25, -0.2) is 4.98 Å². The molecule has 0 saturated heterocycles. The largest absolute Gasteiger partial charge is 0.506 e. The molecule has 0 saturated carbocycles. The van der Waals surface area contributed by atoms with Crippen molar-refractivity contribution in [3.8, 4) is 16.3 Å². The summed E-state index contributed by atoms with van der Waals surface area (Å²) in [7, 11) is 0. The van der Waals surface area contributed by atoms with Crippen molar-refractivity contribution < 1.29 is 5.11 Å². The Labute approximate surface area is 142 Å². The molecule has 0 aliphatic rings. The van der Waals surface area contributed by atoms with Gasteiger partial charge in [0.1, 0.15) is 10.8 Å². The molecule has 5 heteroatoms. The molecular weight excluding hydrogens is 484 g/mol. The minimum absolute atomic E-state index is 0.316. The van der Waals surface area contributed by atoms with Gasteiger partial charge in [-0.3, -0.25) is 0 Å². The third-order valence-electron chi connectivity index (χ3n) is 2.80. The average Bonchev–Trinajstić information content (AvgIpc) is 2.76. The smallest absolute Gasteiger partial charge is 0.139 e. The highest BCUT2D eigenvalue weighted by molar-refractivity contribution is 14.1. The van der Waals surface area contributed by atoms with Gasteiger partial charge in [-0.15, -0.1) is 11.3 Å². The number of aromatic nitrogens is 1. The van der Waals surface area contributed by atoms with Crippen LogP contribution in [0.15, 0.2) is 30.3 Å². The van der Waals surface area contributed by atoms with Crippen LogP contribution in [0.5, 0.6) is 5.75 Å². The lowest BCUT2D eigenvalue weighted by molar-refractivity contribution is 0.473. The summed E-state index contributed by atoms with van der Waals surface area (Å²) in [5.41, 5.74) is 3.03. The van der Waals surface area contributed by atoms with Gasteiger partial charge in [-0.1, -0.05) is 6.07 Å². The van der Waals surface area contributed by atoms with Crippen LogP contribution < -0.4 is 0 Å². The van der Waals surface area contributed by atoms with Crippen LogP contribution in [0.4, 0.5) is 0 Å². The first-order chi connectivity index (χ1) is 9.04. The number of thiazole rings is 1. The lowest BCUT2D eigenvalue weighted by Crippen LogP contribution is -1.84. The molecule has 0 aliphatic carbocycles. The third-order valence-corrected chi connectivity index (χ3v) is 5.30. The van der Waals surface area contributed by atoms with Crippen LogP contribution in [-0.4, -0.2) is 10.1 Å². The Balaban J connectivity index is 2.24. The van der Waals surface area contributed by atoms with Crippen molar-refractivity contribution in [2.45, 2.75) is 6.92 Å². The van der Waals surface area contributed by atoms with Crippen molar-refractivity contribution in [2.75, 3.05) is 0 Å². The van der Waals surface area contributed by atoms with Gasteiger partial charge < -0.3 is 5.11 Å². The van der Waals surface area contributed by atoms with Crippen LogP contribution in [0.25, 0.3) is 20.8 Å². The van der Waals surface area contributed by atoms with Gasteiger partial charge in [0, 0.05) is 3.57 Å². The summed E-state index contributed by atoms with van der Waals surface area (Å²) < 4.78 is 3.11. The van der Waals surface area contributed by atoms with E-state index in [1.165, 1.54) is 5.56 Å². The molecule has 96 valence electrons. The predicted octanol–water partition coefficient (Wildman–Crippen LogP) is 5.19. The van der Waals surface area contributed by atoms with Crippen molar-refractivity contribution in [1.82, 2.24) is 4.98 Å². The first-order valence-electron chi connectivity index (χ1n) is 5.60. The summed E-state index contributed by atoms with van der Waals surface area (Å²) in [4.78, 5) is 4.62. The van der Waals surface area contributed by atoms with E-state index in [0.29, 0.717) is 5.75 Å². The van der Waals surface area contributed by atoms with E-state index in [9.17, 15) is 5.11 Å². The van der Waals surface area contributed by atoms with Crippen LogP contribution in [0.2, 0.25) is 0 Å². The quantitative estimate of drug-likeness (QED) is 0.474. The maximum atomic E-state index is 10.2. The van der Waals surface area contributed by atoms with Crippen molar-refractivity contribution in [3.63, 3.8) is 0 Å². The summed E-state index contributed by atoms with van der Waals surface area (Å²) >= 11 is 6.03. The number of aryl methyl sites for hydroxylation is 1. The first kappa shape index (κ1) is 13.6. The molecule has 2 nitrogen and oxygen atoms in total. The van der Waals surface area contributed by atoms with E-state index in [4.69, 9.17) is 0 Å². The molecule has 1 heterocycles. The number of phenols is 1. The number of phenolic OH excluding ortho intramolecular Hbond substituents is 1. The van der Waals surface area contributed by atoms with E-state index in [2.05, 4.69) is 69.2 Å². The van der Waals surface area contributed by atoms with Crippen LogP contribution >= 0.6 is 56.5 Å². The van der Waals surface area contributed by atoms with Crippen LogP contribution in [0.3, 0.4) is 0 Å². The number of hydrogen-bond acceptors (Lipinski definition) is 3. The summed E-state index contributed by atoms with van der Waals surface area (Å²) in [5.74, 6) is 0.316. The lowest BCUT2D eigenvalue weighted by Gasteiger charge is -2.04. The molecule has 0 spiro atoms. The molecule has 0 amide bonds. The second kappa shape index (κ2) is 5.17. The summed E-state index contributed by atoms with van der Waals surface area (Å²) in [6, 6.07) is 10.2. The first-order valence-corrected chi connectivity index (χ1v) is 8.57. The minimum atomic E-state index is 0.316. The zero-order valence-corrected chi connectivity index (χ0v) is 15.1. The van der Waals surface area contributed by atoms with Gasteiger partial charge in [0.25, 0.3) is 0 Å². The molecule has 0 aliphatic heterocycles. The van der Waals surface area contributed by atoms with Gasteiger partial charge in [0.15, 0.2) is 0 Å². The van der Waals surface area contributed by atoms with Gasteiger partial charge in [-0.05, 0) is 81.9 Å². The van der Waals surface area contributed by atoms with E-state index in [1.807, 2.05) is 18.2 Å². The van der Waals surface area contributed by atoms with Crippen LogP contribution in [0.1, 0.15) is 5.56 Å². The SMILES string of the molecule is Cc1ccc2nc(-c3cc(I)cc(I)c3O)sc2c1. The van der Waals surface area contributed by atoms with Crippen molar-refractivity contribution in [1.29, 1.82) is 0 Å². The van der Waals surface area contributed by atoms with Gasteiger partial charge in [0.2, 0.25) is 0 Å². The number of hydrogen-bond donors (Lipinski definition) is 1. The molecule has 1 N–H and O–H groups in total. The fraction of sp³-hybridized carbons (Fsp3) is 0.0714. The highest BCUT2D eigenvalue weighted by Crippen LogP contribution is 2.38. The molecule has 1 aromatic heterocycles. The number of aromatic hydroxyl groups is 1. The lowest BCUT2D eigenvalue weighted by atomic mass is 10.2. The van der Waals surface area contributed by atoms with E-state index >= 15 is 0 Å². The molecular formula is C14H9I2NOS. The molecule has 0 unspecified atom stereocenters. The number of halogens is 2. The molecule has 3 rings (SSSR count). The Kier molecular flexibility index (Phi) is 3.69. The van der Waals surface area contributed by atoms with Crippen molar-refractivity contribution in [3.05, 3.63) is 43.0 Å². The number of rotatable bonds is 1. The topological polar surface area (TPSA) is 33.1 Å². The molecule has 0 fully saturated rings. The van der Waals surface area contributed by atoms with Gasteiger partial charge in [-0.2, -0.15) is 0 Å². The number of nitrogens with zero attached hydrogens (tertiary/aromatic N) is 1. The fourth-order valence-corrected chi connectivity index (χ4v) is 4.80. The second-order valence-electron chi connectivity index (χ2n) is 4.27. The van der Waals surface area contributed by atoms with Crippen molar-refractivity contribution in [2.24, 2.45) is 0 Å². The fourth-order valence-electron chi connectivity index (χ4n) is 1.88. The summed E-state index contributed by atoms with van der Waals surface area (Å²) in [5, 5.41) is 11.1. The molecule has 0 bridgehead atoms. The number of benzene rings is 2. The standard InChI is InChI=1S/C14H9I2NOS/c1-7-2-3-11-12(4-7)19-14(17-11)9-5-8(15)6-10(16)13(9)18/h2-6,18H,1H3. The highest BCUT2D eigenvalue weighted by atomic mass is 127. The number of fused-ring (bicyclic) bond motifs is 1. The van der Waals surface area contributed by atoms with Crippen LogP contribution in [0, 0.1) is 14.1 Å². The maximum absolute atomic E-state index is 10.2. The Morgan fingerprint density at radius 3 is 2.74 bits per heavy atom. The molecule has 19 heavy (non-hydrogen) atoms. The van der Waals surface area contributed by atoms with E-state index in [1.54, 1.807) is 11.3 Å². The summed E-state index contributed by atoms with van der Waals surface area (Å²) in [6.45, 7) is 2.07. The van der Waals surface area contributed by atoms with Crippen molar-refractivity contribution >= 4 is 66.7 Å². The van der Waals surface area contributed by atoms with E-state index < -0.39 is 0 Å². The predicted molar refractivity (Wildman–Crippen MR) is 96.9 cm³/mol. The van der Waals surface area contributed by atoms with E-state index in [-0.39, 0.29) is 0 Å². The molecule has 2 aromatic carbocycles. The highest BCUT2D eigenvalue weighted by Gasteiger charge is 2.13. The summed E-state index contributed by atoms with van der Waals surface area (Å²) in [6.07, 6.45) is 0. The van der Waals surface area contributed by atoms with Gasteiger partial charge in [0.05, 0.1) is 19.4 Å². The third kappa shape index (κ3) is 2.59. The minimum Gasteiger partial charge on any atom is -0.506 e.